The van der Waals surface area contributed by atoms with E-state index in [0.717, 1.165) is 49.4 Å². The molecule has 2 aliphatic rings. The number of nitrogens with zero attached hydrogens (tertiary/aromatic N) is 3. The maximum atomic E-state index is 4.76. The van der Waals surface area contributed by atoms with Gasteiger partial charge >= 0.3 is 0 Å². The van der Waals surface area contributed by atoms with Crippen molar-refractivity contribution in [3.05, 3.63) is 17.0 Å². The minimum absolute atomic E-state index is 0.782. The summed E-state index contributed by atoms with van der Waals surface area (Å²) in [5, 5.41) is 3.57. The van der Waals surface area contributed by atoms with Crippen molar-refractivity contribution in [1.82, 2.24) is 15.3 Å². The number of aryl methyl sites for hydroxylation is 2. The van der Waals surface area contributed by atoms with Gasteiger partial charge in [0.15, 0.2) is 0 Å². The summed E-state index contributed by atoms with van der Waals surface area (Å²) in [4.78, 5) is 11.9. The zero-order valence-corrected chi connectivity index (χ0v) is 12.8. The van der Waals surface area contributed by atoms with Gasteiger partial charge in [-0.05, 0) is 64.5 Å². The Hall–Kier alpha value is -1.16. The van der Waals surface area contributed by atoms with Crippen molar-refractivity contribution in [1.29, 1.82) is 0 Å². The minimum Gasteiger partial charge on any atom is -0.341 e. The third-order valence-electron chi connectivity index (χ3n) is 4.43. The molecule has 1 saturated heterocycles. The lowest BCUT2D eigenvalue weighted by atomic mass is 10.1. The molecule has 0 spiro atoms. The molecule has 110 valence electrons. The van der Waals surface area contributed by atoms with E-state index < -0.39 is 0 Å². The Morgan fingerprint density at radius 3 is 2.30 bits per heavy atom. The van der Waals surface area contributed by atoms with E-state index in [4.69, 9.17) is 9.97 Å². The molecular weight excluding hydrogens is 248 g/mol. The number of piperidine rings is 1. The van der Waals surface area contributed by atoms with E-state index in [0.29, 0.717) is 0 Å². The van der Waals surface area contributed by atoms with Gasteiger partial charge in [-0.2, -0.15) is 0 Å². The van der Waals surface area contributed by atoms with Crippen LogP contribution in [0.3, 0.4) is 0 Å². The molecule has 4 heteroatoms. The smallest absolute Gasteiger partial charge is 0.225 e. The van der Waals surface area contributed by atoms with E-state index in [1.807, 2.05) is 0 Å². The molecule has 0 atom stereocenters. The fourth-order valence-corrected chi connectivity index (χ4v) is 3.01. The van der Waals surface area contributed by atoms with Crippen molar-refractivity contribution >= 4 is 5.95 Å². The van der Waals surface area contributed by atoms with Gasteiger partial charge in [-0.1, -0.05) is 0 Å². The van der Waals surface area contributed by atoms with Crippen LogP contribution in [0.25, 0.3) is 0 Å². The Morgan fingerprint density at radius 2 is 1.70 bits per heavy atom. The first-order valence-corrected chi connectivity index (χ1v) is 8.06. The van der Waals surface area contributed by atoms with Crippen LogP contribution in [0.5, 0.6) is 0 Å². The Morgan fingerprint density at radius 1 is 1.05 bits per heavy atom. The summed E-state index contributed by atoms with van der Waals surface area (Å²) in [5.74, 6) is 0.943. The summed E-state index contributed by atoms with van der Waals surface area (Å²) in [6, 6.07) is 0.782. The zero-order chi connectivity index (χ0) is 13.9. The van der Waals surface area contributed by atoms with Gasteiger partial charge in [-0.3, -0.25) is 0 Å². The topological polar surface area (TPSA) is 41.1 Å². The molecule has 3 rings (SSSR count). The molecular formula is C16H26N4. The molecule has 2 heterocycles. The highest BCUT2D eigenvalue weighted by Gasteiger charge is 2.20. The van der Waals surface area contributed by atoms with Crippen LogP contribution in [-0.4, -0.2) is 35.6 Å². The highest BCUT2D eigenvalue weighted by molar-refractivity contribution is 5.37. The van der Waals surface area contributed by atoms with Gasteiger partial charge in [0.05, 0.1) is 0 Å². The molecule has 1 aliphatic carbocycles. The van der Waals surface area contributed by atoms with Gasteiger partial charge in [0, 0.05) is 30.5 Å². The molecule has 1 aromatic heterocycles. The second-order valence-corrected chi connectivity index (χ2v) is 6.20. The summed E-state index contributed by atoms with van der Waals surface area (Å²) in [5.41, 5.74) is 3.66. The molecule has 1 aliphatic heterocycles. The quantitative estimate of drug-likeness (QED) is 0.895. The number of nitrogens with one attached hydrogen (secondary N) is 1. The average molecular weight is 274 g/mol. The summed E-state index contributed by atoms with van der Waals surface area (Å²) in [6.07, 6.45) is 7.64. The first kappa shape index (κ1) is 13.8. The molecule has 0 aromatic carbocycles. The van der Waals surface area contributed by atoms with Crippen molar-refractivity contribution < 1.29 is 0 Å². The third-order valence-corrected chi connectivity index (χ3v) is 4.43. The Balaban J connectivity index is 1.67. The van der Waals surface area contributed by atoms with Crippen LogP contribution in [0.1, 0.15) is 49.1 Å². The first-order valence-electron chi connectivity index (χ1n) is 8.06. The highest BCUT2D eigenvalue weighted by atomic mass is 15.3. The Labute approximate surface area is 122 Å². The zero-order valence-electron chi connectivity index (χ0n) is 12.8. The molecule has 0 amide bonds. The van der Waals surface area contributed by atoms with Crippen LogP contribution in [0.15, 0.2) is 0 Å². The summed E-state index contributed by atoms with van der Waals surface area (Å²) in [7, 11) is 0. The SMILES string of the molecule is Cc1nc(N2CCCCC2)nc(C)c1CCNC1CC1. The fraction of sp³-hybridized carbons (Fsp3) is 0.750. The summed E-state index contributed by atoms with van der Waals surface area (Å²) in [6.45, 7) is 7.55. The molecule has 2 fully saturated rings. The number of aromatic nitrogens is 2. The molecule has 20 heavy (non-hydrogen) atoms. The van der Waals surface area contributed by atoms with Crippen LogP contribution < -0.4 is 10.2 Å². The number of hydrogen-bond donors (Lipinski definition) is 1. The van der Waals surface area contributed by atoms with Crippen LogP contribution in [0.2, 0.25) is 0 Å². The maximum absolute atomic E-state index is 4.76. The predicted octanol–water partition coefficient (Wildman–Crippen LogP) is 2.38. The highest BCUT2D eigenvalue weighted by Crippen LogP contribution is 2.21. The van der Waals surface area contributed by atoms with Gasteiger partial charge in [-0.15, -0.1) is 0 Å². The molecule has 4 nitrogen and oxygen atoms in total. The van der Waals surface area contributed by atoms with Crippen LogP contribution >= 0.6 is 0 Å². The van der Waals surface area contributed by atoms with Crippen molar-refractivity contribution in [2.45, 2.75) is 58.4 Å². The van der Waals surface area contributed by atoms with E-state index >= 15 is 0 Å². The number of rotatable bonds is 5. The fourth-order valence-electron chi connectivity index (χ4n) is 3.01. The second-order valence-electron chi connectivity index (χ2n) is 6.20. The molecule has 1 aromatic rings. The van der Waals surface area contributed by atoms with Gasteiger partial charge in [-0.25, -0.2) is 9.97 Å². The van der Waals surface area contributed by atoms with E-state index in [1.165, 1.54) is 37.7 Å². The molecule has 0 unspecified atom stereocenters. The average Bonchev–Trinajstić information content (AvgIpc) is 3.27. The van der Waals surface area contributed by atoms with E-state index in [-0.39, 0.29) is 0 Å². The van der Waals surface area contributed by atoms with Crippen LogP contribution in [0.4, 0.5) is 5.95 Å². The predicted molar refractivity (Wildman–Crippen MR) is 82.3 cm³/mol. The standard InChI is InChI=1S/C16H26N4/c1-12-15(8-9-17-14-6-7-14)13(2)19-16(18-12)20-10-4-3-5-11-20/h14,17H,3-11H2,1-2H3. The van der Waals surface area contributed by atoms with Crippen molar-refractivity contribution in [2.24, 2.45) is 0 Å². The normalized spacial score (nSPS) is 19.4. The van der Waals surface area contributed by atoms with Gasteiger partial charge < -0.3 is 10.2 Å². The van der Waals surface area contributed by atoms with Crippen LogP contribution in [-0.2, 0) is 6.42 Å². The van der Waals surface area contributed by atoms with E-state index in [9.17, 15) is 0 Å². The van der Waals surface area contributed by atoms with Gasteiger partial charge in [0.1, 0.15) is 0 Å². The van der Waals surface area contributed by atoms with Crippen LogP contribution in [0, 0.1) is 13.8 Å². The van der Waals surface area contributed by atoms with Gasteiger partial charge in [0.2, 0.25) is 5.95 Å². The summed E-state index contributed by atoms with van der Waals surface area (Å²) < 4.78 is 0. The maximum Gasteiger partial charge on any atom is 0.225 e. The lowest BCUT2D eigenvalue weighted by Crippen LogP contribution is -2.31. The molecule has 0 bridgehead atoms. The number of hydrogen-bond acceptors (Lipinski definition) is 4. The lowest BCUT2D eigenvalue weighted by Gasteiger charge is -2.27. The molecule has 1 N–H and O–H groups in total. The third kappa shape index (κ3) is 3.29. The molecule has 1 saturated carbocycles. The van der Waals surface area contributed by atoms with Gasteiger partial charge in [0.25, 0.3) is 0 Å². The van der Waals surface area contributed by atoms with E-state index in [2.05, 4.69) is 24.1 Å². The lowest BCUT2D eigenvalue weighted by molar-refractivity contribution is 0.566. The number of anilines is 1. The Kier molecular flexibility index (Phi) is 4.20. The van der Waals surface area contributed by atoms with Crippen molar-refractivity contribution in [2.75, 3.05) is 24.5 Å². The first-order chi connectivity index (χ1) is 9.74. The summed E-state index contributed by atoms with van der Waals surface area (Å²) >= 11 is 0. The van der Waals surface area contributed by atoms with Crippen molar-refractivity contribution in [3.63, 3.8) is 0 Å². The largest absolute Gasteiger partial charge is 0.341 e. The molecule has 0 radical (unpaired) electrons. The second kappa shape index (κ2) is 6.08. The minimum atomic E-state index is 0.782. The van der Waals surface area contributed by atoms with Crippen molar-refractivity contribution in [3.8, 4) is 0 Å². The Bertz CT molecular complexity index is 439. The van der Waals surface area contributed by atoms with E-state index in [1.54, 1.807) is 0 Å². The monoisotopic (exact) mass is 274 g/mol.